The van der Waals surface area contributed by atoms with Gasteiger partial charge in [-0.1, -0.05) is 99.6 Å². The molecule has 2 atom stereocenters. The highest BCUT2D eigenvalue weighted by Gasteiger charge is 2.41. The summed E-state index contributed by atoms with van der Waals surface area (Å²) >= 11 is 0. The van der Waals surface area contributed by atoms with E-state index in [0.29, 0.717) is 41.9 Å². The van der Waals surface area contributed by atoms with Crippen LogP contribution in [-0.4, -0.2) is 61.7 Å². The predicted molar refractivity (Wildman–Crippen MR) is 313 cm³/mol. The van der Waals surface area contributed by atoms with Gasteiger partial charge in [0, 0.05) is 6.07 Å². The molecule has 0 aliphatic heterocycles. The van der Waals surface area contributed by atoms with Gasteiger partial charge in [0.05, 0.1) is 46.6 Å². The van der Waals surface area contributed by atoms with Crippen LogP contribution in [0.25, 0.3) is 0 Å². The van der Waals surface area contributed by atoms with Crippen LogP contribution < -0.4 is 9.47 Å². The van der Waals surface area contributed by atoms with Crippen molar-refractivity contribution in [3.63, 3.8) is 0 Å². The van der Waals surface area contributed by atoms with E-state index >= 15 is 0 Å². The minimum absolute atomic E-state index is 0.0161. The number of benzene rings is 5. The SMILES string of the molecule is CC(C)(N=C=O)c1ccc(C(C)(C)N=C=O)cc1.CC(C)(N=C=O)c1cccc(C(C)(C)N=C=O)c1.CC1(C)CC(CN=C=O)CC(C)(CN=C=O)C1.N#COc1ccc(Cc2ccc(N=C=O)cc2)cc1.N#COc1cccc(N=C=O)c1. The number of nitriles is 2. The van der Waals surface area contributed by atoms with Gasteiger partial charge in [0.1, 0.15) is 11.5 Å². The van der Waals surface area contributed by atoms with Crippen LogP contribution in [0.1, 0.15) is 129 Å². The second-order valence-electron chi connectivity index (χ2n) is 22.2. The Bertz CT molecular complexity index is 3380. The van der Waals surface area contributed by atoms with Crippen LogP contribution in [0.4, 0.5) is 11.4 Å². The van der Waals surface area contributed by atoms with Crippen LogP contribution in [0.3, 0.4) is 0 Å². The van der Waals surface area contributed by atoms with Crippen LogP contribution >= 0.6 is 0 Å². The van der Waals surface area contributed by atoms with E-state index in [2.05, 4.69) is 65.4 Å². The third-order valence-corrected chi connectivity index (χ3v) is 13.1. The summed E-state index contributed by atoms with van der Waals surface area (Å²) in [6, 6.07) is 36.0. The van der Waals surface area contributed by atoms with Crippen molar-refractivity contribution in [1.29, 1.82) is 10.5 Å². The van der Waals surface area contributed by atoms with E-state index in [-0.39, 0.29) is 10.8 Å². The Kier molecular flexibility index (Phi) is 28.4. The van der Waals surface area contributed by atoms with Gasteiger partial charge in [-0.2, -0.15) is 30.0 Å². The van der Waals surface area contributed by atoms with Crippen molar-refractivity contribution in [3.05, 3.63) is 155 Å². The van der Waals surface area contributed by atoms with Gasteiger partial charge < -0.3 is 9.47 Å². The molecule has 0 aromatic heterocycles. The summed E-state index contributed by atoms with van der Waals surface area (Å²) in [6.45, 7) is 22.3. The van der Waals surface area contributed by atoms with E-state index in [1.165, 1.54) is 24.5 Å². The molecular formula is C64H66N10O10. The van der Waals surface area contributed by atoms with Gasteiger partial charge in [0.2, 0.25) is 48.6 Å². The molecule has 1 saturated carbocycles. The Morgan fingerprint density at radius 3 is 1.33 bits per heavy atom. The first kappa shape index (κ1) is 69.8. The highest BCUT2D eigenvalue weighted by Crippen LogP contribution is 2.49. The molecule has 6 rings (SSSR count). The molecule has 20 nitrogen and oxygen atoms in total. The van der Waals surface area contributed by atoms with Crippen LogP contribution in [-0.2, 0) is 66.9 Å². The topological polar surface area (TPSA) is 301 Å². The summed E-state index contributed by atoms with van der Waals surface area (Å²) in [7, 11) is 0. The summed E-state index contributed by atoms with van der Waals surface area (Å²) in [4.78, 5) is 111. The number of rotatable bonds is 18. The average molecular weight is 1140 g/mol. The predicted octanol–water partition coefficient (Wildman–Crippen LogP) is 12.8. The van der Waals surface area contributed by atoms with Crippen molar-refractivity contribution in [2.24, 2.45) is 56.7 Å². The molecule has 0 N–H and O–H groups in total. The molecule has 432 valence electrons. The smallest absolute Gasteiger partial charge is 0.292 e. The number of nitrogens with zero attached hydrogens (tertiary/aromatic N) is 10. The molecule has 5 aromatic rings. The molecule has 1 aliphatic carbocycles. The van der Waals surface area contributed by atoms with Crippen molar-refractivity contribution in [3.8, 4) is 24.0 Å². The molecular weight excluding hydrogens is 1070 g/mol. The van der Waals surface area contributed by atoms with Crippen LogP contribution in [0, 0.1) is 39.8 Å². The molecule has 5 aromatic carbocycles. The Morgan fingerprint density at radius 1 is 0.464 bits per heavy atom. The van der Waals surface area contributed by atoms with Gasteiger partial charge in [0.15, 0.2) is 0 Å². The first-order valence-electron chi connectivity index (χ1n) is 26.0. The zero-order chi connectivity index (χ0) is 62.9. The number of ether oxygens (including phenoxy) is 2. The standard InChI is InChI=1S/C15H10N2O2.2C14H16N2O2.C13H20N2O2.C8H4N2O2/c16-10-19-15-7-3-13(4-8-15)9-12-1-5-14(6-2-12)17-11-18;1-13(2,15-9-17)11-5-7-12(8-6-11)14(3,4)16-10-18;1-13(2,15-9-17)11-6-5-7-12(8-11)14(3,4)16-10-18;1-12(2)4-11(6-14-9-16)5-13(3,7-12)8-15-10-17;9-5-12-8-3-1-2-7(4-8)10-6-11/h1-8H,9H2;2*5-8H,1-4H3;11H,4-8H2,1-3H3;1-4H. The lowest BCUT2D eigenvalue weighted by Crippen LogP contribution is -2.38. The zero-order valence-corrected chi connectivity index (χ0v) is 48.9. The van der Waals surface area contributed by atoms with E-state index < -0.39 is 22.2 Å². The van der Waals surface area contributed by atoms with Crippen molar-refractivity contribution in [2.45, 2.75) is 124 Å². The van der Waals surface area contributed by atoms with E-state index in [4.69, 9.17) is 15.3 Å². The highest BCUT2D eigenvalue weighted by molar-refractivity contribution is 5.52. The highest BCUT2D eigenvalue weighted by atomic mass is 16.5. The van der Waals surface area contributed by atoms with E-state index in [0.717, 1.165) is 59.1 Å². The Labute approximate surface area is 489 Å². The fourth-order valence-electron chi connectivity index (χ4n) is 9.20. The summed E-state index contributed by atoms with van der Waals surface area (Å²) in [5.41, 5.74) is 4.52. The molecule has 20 heteroatoms. The lowest BCUT2D eigenvalue weighted by atomic mass is 9.60. The molecule has 2 unspecified atom stereocenters. The van der Waals surface area contributed by atoms with Gasteiger partial charge in [0.25, 0.3) is 12.5 Å². The Hall–Kier alpha value is -10.3. The second-order valence-corrected chi connectivity index (χ2v) is 22.2. The van der Waals surface area contributed by atoms with E-state index in [1.807, 2.05) is 128 Å². The Balaban J connectivity index is 0.000000361. The molecule has 84 heavy (non-hydrogen) atoms. The summed E-state index contributed by atoms with van der Waals surface area (Å²) in [5, 5.41) is 16.5. The number of carbonyl (C=O) groups excluding carboxylic acids is 8. The minimum Gasteiger partial charge on any atom is -0.388 e. The molecule has 0 spiro atoms. The third kappa shape index (κ3) is 24.6. The van der Waals surface area contributed by atoms with Crippen LogP contribution in [0.5, 0.6) is 11.5 Å². The lowest BCUT2D eigenvalue weighted by molar-refractivity contribution is 0.0641. The van der Waals surface area contributed by atoms with Gasteiger partial charge in [-0.05, 0) is 168 Å². The lowest BCUT2D eigenvalue weighted by Gasteiger charge is -2.45. The number of hydrogen-bond acceptors (Lipinski definition) is 20. The largest absolute Gasteiger partial charge is 0.388 e. The van der Waals surface area contributed by atoms with Gasteiger partial charge in [-0.3, -0.25) is 0 Å². The van der Waals surface area contributed by atoms with Crippen molar-refractivity contribution >= 4 is 60.0 Å². The maximum atomic E-state index is 10.4. The molecule has 0 amide bonds. The van der Waals surface area contributed by atoms with Crippen molar-refractivity contribution in [1.82, 2.24) is 0 Å². The van der Waals surface area contributed by atoms with E-state index in [1.54, 1.807) is 85.2 Å². The summed E-state index contributed by atoms with van der Waals surface area (Å²) < 4.78 is 9.22. The Morgan fingerprint density at radius 2 is 0.893 bits per heavy atom. The molecule has 1 fully saturated rings. The fourth-order valence-corrected chi connectivity index (χ4v) is 9.20. The summed E-state index contributed by atoms with van der Waals surface area (Å²) in [5.74, 6) is 1.27. The van der Waals surface area contributed by atoms with E-state index in [9.17, 15) is 38.4 Å². The minimum atomic E-state index is -0.640. The van der Waals surface area contributed by atoms with Crippen molar-refractivity contribution < 1.29 is 47.8 Å². The second kappa shape index (κ2) is 34.1. The number of aliphatic imine (C=N–C) groups is 8. The fraction of sp³-hybridized carbons (Fsp3) is 0.375. The zero-order valence-electron chi connectivity index (χ0n) is 48.9. The van der Waals surface area contributed by atoms with Crippen LogP contribution in [0.15, 0.2) is 161 Å². The molecule has 0 bridgehead atoms. The van der Waals surface area contributed by atoms with Crippen LogP contribution in [0.2, 0.25) is 0 Å². The molecule has 1 aliphatic rings. The first-order chi connectivity index (χ1) is 39.7. The third-order valence-electron chi connectivity index (χ3n) is 13.1. The van der Waals surface area contributed by atoms with Gasteiger partial charge >= 0.3 is 0 Å². The maximum Gasteiger partial charge on any atom is 0.292 e. The molecule has 0 radical (unpaired) electrons. The first-order valence-corrected chi connectivity index (χ1v) is 26.0. The van der Waals surface area contributed by atoms with Gasteiger partial charge in [-0.15, -0.1) is 10.5 Å². The monoisotopic (exact) mass is 1130 g/mol. The number of hydrogen-bond donors (Lipinski definition) is 0. The average Bonchev–Trinajstić information content (AvgIpc) is 2.62. The maximum absolute atomic E-state index is 10.4. The molecule has 0 saturated heterocycles. The number of isocyanates is 8. The molecule has 0 heterocycles. The normalized spacial score (nSPS) is 14.4. The summed E-state index contributed by atoms with van der Waals surface area (Å²) in [6.07, 6.45) is 19.4. The van der Waals surface area contributed by atoms with Gasteiger partial charge in [-0.25, -0.2) is 48.3 Å². The van der Waals surface area contributed by atoms with Crippen molar-refractivity contribution in [2.75, 3.05) is 13.1 Å². The quantitative estimate of drug-likeness (QED) is 0.0449.